The highest BCUT2D eigenvalue weighted by Gasteiger charge is 2.35. The van der Waals surface area contributed by atoms with Crippen molar-refractivity contribution in [2.45, 2.75) is 25.1 Å². The van der Waals surface area contributed by atoms with Crippen LogP contribution in [0.1, 0.15) is 18.4 Å². The Bertz CT molecular complexity index is 567. The van der Waals surface area contributed by atoms with E-state index >= 15 is 0 Å². The van der Waals surface area contributed by atoms with Crippen molar-refractivity contribution >= 4 is 11.8 Å². The first-order valence-corrected chi connectivity index (χ1v) is 6.70. The van der Waals surface area contributed by atoms with E-state index in [1.807, 2.05) is 0 Å². The number of nitrogens with two attached hydrogens (primary N) is 1. The van der Waals surface area contributed by atoms with E-state index in [2.05, 4.69) is 0 Å². The fourth-order valence-electron chi connectivity index (χ4n) is 2.32. The number of piperidine rings is 1. The number of para-hydroxylation sites is 1. The molecule has 0 radical (unpaired) electrons. The van der Waals surface area contributed by atoms with Gasteiger partial charge in [0.15, 0.2) is 0 Å². The van der Waals surface area contributed by atoms with E-state index in [0.717, 1.165) is 6.07 Å². The van der Waals surface area contributed by atoms with Gasteiger partial charge < -0.3 is 15.4 Å². The molecule has 8 heteroatoms. The molecule has 0 unspecified atom stereocenters. The van der Waals surface area contributed by atoms with Crippen LogP contribution in [0.5, 0.6) is 5.75 Å². The summed E-state index contributed by atoms with van der Waals surface area (Å²) < 4.78 is 44.1. The third-order valence-electron chi connectivity index (χ3n) is 3.43. The molecule has 2 N–H and O–H groups in total. The molecule has 1 heterocycles. The third kappa shape index (κ3) is 3.69. The second kappa shape index (κ2) is 6.25. The summed E-state index contributed by atoms with van der Waals surface area (Å²) in [5.41, 5.74) is 4.08. The number of halogens is 3. The summed E-state index contributed by atoms with van der Waals surface area (Å²) in [5.74, 6) is -2.05. The van der Waals surface area contributed by atoms with Gasteiger partial charge in [-0.2, -0.15) is 13.2 Å². The second-order valence-corrected chi connectivity index (χ2v) is 4.97. The van der Waals surface area contributed by atoms with Crippen molar-refractivity contribution in [3.63, 3.8) is 0 Å². The Morgan fingerprint density at radius 3 is 2.32 bits per heavy atom. The van der Waals surface area contributed by atoms with E-state index in [-0.39, 0.29) is 18.8 Å². The van der Waals surface area contributed by atoms with Gasteiger partial charge in [0.25, 0.3) is 0 Å². The van der Waals surface area contributed by atoms with Crippen molar-refractivity contribution in [2.75, 3.05) is 13.1 Å². The van der Waals surface area contributed by atoms with Crippen LogP contribution in [0.15, 0.2) is 24.3 Å². The molecule has 5 nitrogen and oxygen atoms in total. The lowest BCUT2D eigenvalue weighted by Gasteiger charge is -2.31. The van der Waals surface area contributed by atoms with Crippen LogP contribution in [0.2, 0.25) is 0 Å². The van der Waals surface area contributed by atoms with Crippen LogP contribution in [-0.2, 0) is 15.8 Å². The van der Waals surface area contributed by atoms with Crippen molar-refractivity contribution in [1.82, 2.24) is 4.90 Å². The first kappa shape index (κ1) is 16.1. The van der Waals surface area contributed by atoms with Crippen LogP contribution >= 0.6 is 0 Å². The molecule has 1 saturated heterocycles. The molecular formula is C14H15F3N2O3. The minimum Gasteiger partial charge on any atom is -0.490 e. The number of ether oxygens (including phenoxy) is 1. The number of benzene rings is 1. The van der Waals surface area contributed by atoms with E-state index in [9.17, 15) is 22.8 Å². The molecule has 0 atom stereocenters. The van der Waals surface area contributed by atoms with Crippen molar-refractivity contribution in [3.05, 3.63) is 29.8 Å². The number of amides is 2. The molecule has 0 spiro atoms. The number of hydrogen-bond acceptors (Lipinski definition) is 3. The minimum absolute atomic E-state index is 0.223. The average molecular weight is 316 g/mol. The van der Waals surface area contributed by atoms with Gasteiger partial charge in [-0.1, -0.05) is 12.1 Å². The van der Waals surface area contributed by atoms with Gasteiger partial charge in [-0.15, -0.1) is 0 Å². The Balaban J connectivity index is 2.00. The summed E-state index contributed by atoms with van der Waals surface area (Å²) in [4.78, 5) is 23.5. The predicted octanol–water partition coefficient (Wildman–Crippen LogP) is 1.56. The summed E-state index contributed by atoms with van der Waals surface area (Å²) in [7, 11) is 0. The Labute approximate surface area is 124 Å². The van der Waals surface area contributed by atoms with Crippen LogP contribution in [0.3, 0.4) is 0 Å². The van der Waals surface area contributed by atoms with Gasteiger partial charge in [-0.05, 0) is 12.1 Å². The Hall–Kier alpha value is -2.25. The summed E-state index contributed by atoms with van der Waals surface area (Å²) >= 11 is 0. The molecule has 1 aromatic rings. The maximum Gasteiger partial charge on any atom is 0.419 e. The van der Waals surface area contributed by atoms with Crippen LogP contribution in [0, 0.1) is 0 Å². The number of primary amides is 1. The molecule has 2 rings (SSSR count). The van der Waals surface area contributed by atoms with Gasteiger partial charge in [0.05, 0.1) is 5.56 Å². The number of rotatable bonds is 2. The van der Waals surface area contributed by atoms with E-state index in [0.29, 0.717) is 12.8 Å². The van der Waals surface area contributed by atoms with Crippen molar-refractivity contribution in [2.24, 2.45) is 5.73 Å². The quantitative estimate of drug-likeness (QED) is 0.842. The highest BCUT2D eigenvalue weighted by Crippen LogP contribution is 2.36. The summed E-state index contributed by atoms with van der Waals surface area (Å²) in [6, 6.07) is 4.99. The molecule has 1 fully saturated rings. The lowest BCUT2D eigenvalue weighted by Crippen LogP contribution is -2.46. The normalized spacial score (nSPS) is 16.4. The molecule has 120 valence electrons. The number of alkyl halides is 3. The van der Waals surface area contributed by atoms with Crippen molar-refractivity contribution in [1.29, 1.82) is 0 Å². The fourth-order valence-corrected chi connectivity index (χ4v) is 2.32. The Kier molecular flexibility index (Phi) is 4.58. The van der Waals surface area contributed by atoms with Gasteiger partial charge in [0.1, 0.15) is 11.9 Å². The van der Waals surface area contributed by atoms with Crippen LogP contribution in [0.25, 0.3) is 0 Å². The van der Waals surface area contributed by atoms with E-state index < -0.39 is 29.7 Å². The average Bonchev–Trinajstić information content (AvgIpc) is 2.46. The van der Waals surface area contributed by atoms with E-state index in [4.69, 9.17) is 10.5 Å². The maximum absolute atomic E-state index is 12.9. The first-order valence-electron chi connectivity index (χ1n) is 6.70. The second-order valence-electron chi connectivity index (χ2n) is 4.97. The Morgan fingerprint density at radius 1 is 1.18 bits per heavy atom. The zero-order chi connectivity index (χ0) is 16.3. The summed E-state index contributed by atoms with van der Waals surface area (Å²) in [6.45, 7) is 0.446. The molecule has 0 saturated carbocycles. The van der Waals surface area contributed by atoms with Gasteiger partial charge in [0.2, 0.25) is 0 Å². The van der Waals surface area contributed by atoms with Gasteiger partial charge >= 0.3 is 18.0 Å². The zero-order valence-electron chi connectivity index (χ0n) is 11.6. The lowest BCUT2D eigenvalue weighted by atomic mass is 10.1. The van der Waals surface area contributed by atoms with Crippen LogP contribution in [-0.4, -0.2) is 35.9 Å². The molecule has 0 aromatic heterocycles. The molecule has 1 aromatic carbocycles. The topological polar surface area (TPSA) is 72.6 Å². The SMILES string of the molecule is NC(=O)C(=O)N1CCC(Oc2ccccc2C(F)(F)F)CC1. The molecule has 1 aliphatic rings. The number of carbonyl (C=O) groups excluding carboxylic acids is 2. The fraction of sp³-hybridized carbons (Fsp3) is 0.429. The van der Waals surface area contributed by atoms with E-state index in [1.54, 1.807) is 0 Å². The van der Waals surface area contributed by atoms with Gasteiger partial charge in [0, 0.05) is 25.9 Å². The summed E-state index contributed by atoms with van der Waals surface area (Å²) in [6.07, 6.45) is -4.25. The number of carbonyl (C=O) groups is 2. The molecule has 0 aliphatic carbocycles. The van der Waals surface area contributed by atoms with Crippen molar-refractivity contribution in [3.8, 4) is 5.75 Å². The molecule has 22 heavy (non-hydrogen) atoms. The highest BCUT2D eigenvalue weighted by molar-refractivity contribution is 6.34. The zero-order valence-corrected chi connectivity index (χ0v) is 11.6. The number of hydrogen-bond donors (Lipinski definition) is 1. The third-order valence-corrected chi connectivity index (χ3v) is 3.43. The summed E-state index contributed by atoms with van der Waals surface area (Å²) in [5, 5.41) is 0. The van der Waals surface area contributed by atoms with E-state index in [1.165, 1.54) is 23.1 Å². The smallest absolute Gasteiger partial charge is 0.419 e. The molecule has 0 bridgehead atoms. The van der Waals surface area contributed by atoms with Gasteiger partial charge in [-0.25, -0.2) is 0 Å². The lowest BCUT2D eigenvalue weighted by molar-refractivity contribution is -0.145. The van der Waals surface area contributed by atoms with Crippen molar-refractivity contribution < 1.29 is 27.5 Å². The molecule has 1 aliphatic heterocycles. The molecular weight excluding hydrogens is 301 g/mol. The number of likely N-dealkylation sites (tertiary alicyclic amines) is 1. The maximum atomic E-state index is 12.9. The highest BCUT2D eigenvalue weighted by atomic mass is 19.4. The monoisotopic (exact) mass is 316 g/mol. The van der Waals surface area contributed by atoms with Crippen LogP contribution in [0.4, 0.5) is 13.2 Å². The van der Waals surface area contributed by atoms with Gasteiger partial charge in [-0.3, -0.25) is 9.59 Å². The predicted molar refractivity (Wildman–Crippen MR) is 70.9 cm³/mol. The minimum atomic E-state index is -4.49. The molecule has 2 amide bonds. The van der Waals surface area contributed by atoms with Crippen LogP contribution < -0.4 is 10.5 Å². The Morgan fingerprint density at radius 2 is 1.77 bits per heavy atom. The number of nitrogens with zero attached hydrogens (tertiary/aromatic N) is 1. The first-order chi connectivity index (χ1) is 10.3. The largest absolute Gasteiger partial charge is 0.490 e. The standard InChI is InChI=1S/C14H15F3N2O3/c15-14(16,17)10-3-1-2-4-11(10)22-9-5-7-19(8-6-9)13(21)12(18)20/h1-4,9H,5-8H2,(H2,18,20).